The molecule has 1 aromatic carbocycles. The highest BCUT2D eigenvalue weighted by Gasteiger charge is 2.17. The van der Waals surface area contributed by atoms with E-state index in [2.05, 4.69) is 10.3 Å². The summed E-state index contributed by atoms with van der Waals surface area (Å²) in [5.74, 6) is -0.363. The third-order valence-electron chi connectivity index (χ3n) is 3.54. The number of nitrogens with one attached hydrogen (secondary N) is 1. The lowest BCUT2D eigenvalue weighted by molar-refractivity contribution is -0.123. The summed E-state index contributed by atoms with van der Waals surface area (Å²) in [5.41, 5.74) is 3.78. The maximum atomic E-state index is 12.2. The first-order valence-corrected chi connectivity index (χ1v) is 7.48. The summed E-state index contributed by atoms with van der Waals surface area (Å²) in [4.78, 5) is 29.6. The van der Waals surface area contributed by atoms with Gasteiger partial charge in [-0.1, -0.05) is 23.8 Å². The summed E-state index contributed by atoms with van der Waals surface area (Å²) in [7, 11) is 0. The molecule has 2 aromatic rings. The zero-order valence-corrected chi connectivity index (χ0v) is 13.7. The van der Waals surface area contributed by atoms with Gasteiger partial charge >= 0.3 is 0 Å². The second kappa shape index (κ2) is 7.54. The molecular weight excluding hydrogens is 290 g/mol. The average molecular weight is 311 g/mol. The predicted molar refractivity (Wildman–Crippen MR) is 90.0 cm³/mol. The molecule has 23 heavy (non-hydrogen) atoms. The van der Waals surface area contributed by atoms with Gasteiger partial charge in [-0.25, -0.2) is 0 Å². The van der Waals surface area contributed by atoms with Crippen LogP contribution in [0.2, 0.25) is 0 Å². The number of anilines is 1. The van der Waals surface area contributed by atoms with Crippen molar-refractivity contribution in [3.63, 3.8) is 0 Å². The van der Waals surface area contributed by atoms with E-state index in [0.29, 0.717) is 6.54 Å². The van der Waals surface area contributed by atoms with E-state index in [4.69, 9.17) is 0 Å². The van der Waals surface area contributed by atoms with Crippen molar-refractivity contribution in [2.45, 2.75) is 27.3 Å². The zero-order chi connectivity index (χ0) is 16.8. The van der Waals surface area contributed by atoms with Crippen LogP contribution in [0, 0.1) is 13.8 Å². The molecule has 1 aromatic heterocycles. The Labute approximate surface area is 136 Å². The molecule has 0 saturated heterocycles. The average Bonchev–Trinajstić information content (AvgIpc) is 2.52. The normalized spacial score (nSPS) is 10.2. The SMILES string of the molecule is CC(=O)N(CC(=O)NCc1cccnc1)c1ccc(C)cc1C. The van der Waals surface area contributed by atoms with Crippen molar-refractivity contribution >= 4 is 17.5 Å². The monoisotopic (exact) mass is 311 g/mol. The van der Waals surface area contributed by atoms with Gasteiger partial charge in [-0.3, -0.25) is 14.6 Å². The third kappa shape index (κ3) is 4.64. The molecule has 0 atom stereocenters. The minimum Gasteiger partial charge on any atom is -0.350 e. The first-order chi connectivity index (χ1) is 11.0. The van der Waals surface area contributed by atoms with E-state index in [0.717, 1.165) is 22.4 Å². The Balaban J connectivity index is 2.04. The van der Waals surface area contributed by atoms with Crippen molar-refractivity contribution in [1.82, 2.24) is 10.3 Å². The van der Waals surface area contributed by atoms with Crippen LogP contribution in [-0.4, -0.2) is 23.3 Å². The van der Waals surface area contributed by atoms with Gasteiger partial charge in [0.25, 0.3) is 0 Å². The fourth-order valence-electron chi connectivity index (χ4n) is 2.38. The lowest BCUT2D eigenvalue weighted by Gasteiger charge is -2.23. The van der Waals surface area contributed by atoms with Crippen LogP contribution in [0.25, 0.3) is 0 Å². The molecule has 0 aliphatic rings. The molecule has 0 aliphatic heterocycles. The number of benzene rings is 1. The first kappa shape index (κ1) is 16.7. The quantitative estimate of drug-likeness (QED) is 0.922. The molecule has 0 unspecified atom stereocenters. The van der Waals surface area contributed by atoms with Gasteiger partial charge < -0.3 is 10.2 Å². The molecule has 0 fully saturated rings. The Bertz CT molecular complexity index is 699. The molecule has 0 bridgehead atoms. The number of pyridine rings is 1. The topological polar surface area (TPSA) is 62.3 Å². The Kier molecular flexibility index (Phi) is 5.46. The smallest absolute Gasteiger partial charge is 0.240 e. The van der Waals surface area contributed by atoms with Crippen LogP contribution in [0.1, 0.15) is 23.6 Å². The van der Waals surface area contributed by atoms with Gasteiger partial charge in [0.05, 0.1) is 0 Å². The number of nitrogens with zero attached hydrogens (tertiary/aromatic N) is 2. The zero-order valence-electron chi connectivity index (χ0n) is 13.7. The molecular formula is C18H21N3O2. The summed E-state index contributed by atoms with van der Waals surface area (Å²) in [6.45, 7) is 5.79. The number of hydrogen-bond acceptors (Lipinski definition) is 3. The Morgan fingerprint density at radius 3 is 2.61 bits per heavy atom. The maximum Gasteiger partial charge on any atom is 0.240 e. The van der Waals surface area contributed by atoms with Crippen molar-refractivity contribution in [2.24, 2.45) is 0 Å². The van der Waals surface area contributed by atoms with Gasteiger partial charge in [0, 0.05) is 31.5 Å². The third-order valence-corrected chi connectivity index (χ3v) is 3.54. The van der Waals surface area contributed by atoms with Crippen molar-refractivity contribution in [3.05, 3.63) is 59.4 Å². The van der Waals surface area contributed by atoms with Gasteiger partial charge in [-0.05, 0) is 37.1 Å². The lowest BCUT2D eigenvalue weighted by atomic mass is 10.1. The van der Waals surface area contributed by atoms with E-state index in [1.54, 1.807) is 12.4 Å². The molecule has 1 heterocycles. The molecule has 5 nitrogen and oxygen atoms in total. The molecule has 0 radical (unpaired) electrons. The molecule has 2 amide bonds. The van der Waals surface area contributed by atoms with E-state index >= 15 is 0 Å². The molecule has 1 N–H and O–H groups in total. The van der Waals surface area contributed by atoms with Gasteiger partial charge in [0.2, 0.25) is 11.8 Å². The van der Waals surface area contributed by atoms with Crippen LogP contribution in [0.3, 0.4) is 0 Å². The van der Waals surface area contributed by atoms with E-state index in [9.17, 15) is 9.59 Å². The summed E-state index contributed by atoms with van der Waals surface area (Å²) in [6.07, 6.45) is 3.39. The van der Waals surface area contributed by atoms with E-state index in [-0.39, 0.29) is 18.4 Å². The number of aryl methyl sites for hydroxylation is 2. The van der Waals surface area contributed by atoms with Crippen LogP contribution in [0.5, 0.6) is 0 Å². The second-order valence-electron chi connectivity index (χ2n) is 5.53. The summed E-state index contributed by atoms with van der Waals surface area (Å²) in [5, 5.41) is 2.81. The molecule has 5 heteroatoms. The summed E-state index contributed by atoms with van der Waals surface area (Å²) in [6, 6.07) is 9.52. The molecule has 2 rings (SSSR count). The first-order valence-electron chi connectivity index (χ1n) is 7.48. The van der Waals surface area contributed by atoms with Crippen molar-refractivity contribution in [3.8, 4) is 0 Å². The van der Waals surface area contributed by atoms with E-state index in [1.807, 2.05) is 44.2 Å². The van der Waals surface area contributed by atoms with Crippen molar-refractivity contribution in [1.29, 1.82) is 0 Å². The van der Waals surface area contributed by atoms with E-state index < -0.39 is 0 Å². The highest BCUT2D eigenvalue weighted by Crippen LogP contribution is 2.21. The minimum atomic E-state index is -0.205. The number of rotatable bonds is 5. The summed E-state index contributed by atoms with van der Waals surface area (Å²) >= 11 is 0. The highest BCUT2D eigenvalue weighted by atomic mass is 16.2. The van der Waals surface area contributed by atoms with Crippen molar-refractivity contribution < 1.29 is 9.59 Å². The molecule has 0 aliphatic carbocycles. The van der Waals surface area contributed by atoms with Gasteiger partial charge in [-0.2, -0.15) is 0 Å². The van der Waals surface area contributed by atoms with Gasteiger partial charge in [0.1, 0.15) is 6.54 Å². The highest BCUT2D eigenvalue weighted by molar-refractivity contribution is 5.98. The van der Waals surface area contributed by atoms with Gasteiger partial charge in [0.15, 0.2) is 0 Å². The Hall–Kier alpha value is -2.69. The number of carbonyl (C=O) groups is 2. The minimum absolute atomic E-state index is 0.000500. The van der Waals surface area contributed by atoms with Crippen LogP contribution in [-0.2, 0) is 16.1 Å². The van der Waals surface area contributed by atoms with Crippen molar-refractivity contribution in [2.75, 3.05) is 11.4 Å². The van der Waals surface area contributed by atoms with Crippen LogP contribution < -0.4 is 10.2 Å². The fraction of sp³-hybridized carbons (Fsp3) is 0.278. The lowest BCUT2D eigenvalue weighted by Crippen LogP contribution is -2.40. The number of carbonyl (C=O) groups excluding carboxylic acids is 2. The van der Waals surface area contributed by atoms with E-state index in [1.165, 1.54) is 11.8 Å². The Morgan fingerprint density at radius 1 is 1.22 bits per heavy atom. The van der Waals surface area contributed by atoms with Crippen LogP contribution in [0.4, 0.5) is 5.69 Å². The van der Waals surface area contributed by atoms with Crippen LogP contribution >= 0.6 is 0 Å². The molecule has 120 valence electrons. The van der Waals surface area contributed by atoms with Gasteiger partial charge in [-0.15, -0.1) is 0 Å². The standard InChI is InChI=1S/C18H21N3O2/c1-13-6-7-17(14(2)9-13)21(15(3)22)12-18(23)20-11-16-5-4-8-19-10-16/h4-10H,11-12H2,1-3H3,(H,20,23). The van der Waals surface area contributed by atoms with Crippen LogP contribution in [0.15, 0.2) is 42.7 Å². The molecule has 0 spiro atoms. The Morgan fingerprint density at radius 2 is 2.00 bits per heavy atom. The predicted octanol–water partition coefficient (Wildman–Crippen LogP) is 2.37. The fourth-order valence-corrected chi connectivity index (χ4v) is 2.38. The number of aromatic nitrogens is 1. The second-order valence-corrected chi connectivity index (χ2v) is 5.53. The maximum absolute atomic E-state index is 12.2. The number of amides is 2. The number of hydrogen-bond donors (Lipinski definition) is 1. The molecule has 0 saturated carbocycles. The summed E-state index contributed by atoms with van der Waals surface area (Å²) < 4.78 is 0. The largest absolute Gasteiger partial charge is 0.350 e.